The fourth-order valence-corrected chi connectivity index (χ4v) is 8.62. The summed E-state index contributed by atoms with van der Waals surface area (Å²) >= 11 is 0. The molecule has 0 aromatic rings. The number of allylic oxidation sites excluding steroid dienone is 3. The molecule has 1 nitrogen and oxygen atoms in total. The molecule has 0 unspecified atom stereocenters. The normalized spacial score (nSPS) is 53.9. The van der Waals surface area contributed by atoms with Crippen LogP contribution in [-0.4, -0.2) is 11.2 Å². The molecule has 0 bridgehead atoms. The number of aliphatic hydroxyl groups excluding tert-OH is 1. The van der Waals surface area contributed by atoms with E-state index in [9.17, 15) is 5.11 Å². The summed E-state index contributed by atoms with van der Waals surface area (Å²) in [5.41, 5.74) is 2.55. The predicted octanol–water partition coefficient (Wildman–Crippen LogP) is 6.77. The van der Waals surface area contributed by atoms with Gasteiger partial charge in [-0.05, 0) is 110 Å². The zero-order chi connectivity index (χ0) is 19.7. The van der Waals surface area contributed by atoms with E-state index in [0.29, 0.717) is 10.8 Å². The smallest absolute Gasteiger partial charge is 0.0577 e. The van der Waals surface area contributed by atoms with Crippen molar-refractivity contribution >= 4 is 0 Å². The Morgan fingerprint density at radius 3 is 2.64 bits per heavy atom. The van der Waals surface area contributed by atoms with E-state index in [-0.39, 0.29) is 6.10 Å². The standard InChI is InChI=1S/C27H42O/c1-17(5-6-19-15-18(19)2)23-9-10-24-22-8-7-20-16-21(28)11-13-26(20,3)25(22)12-14-27(23,24)4/h5-7,17-19,21-25,28H,8-16H2,1-4H3/b6-5+/t17-,18+,19+,21+,22+,23-,24+,25-,26+,27-/m1/s1. The van der Waals surface area contributed by atoms with Crippen molar-refractivity contribution in [2.45, 2.75) is 91.6 Å². The summed E-state index contributed by atoms with van der Waals surface area (Å²) in [5.74, 6) is 6.14. The van der Waals surface area contributed by atoms with Crippen molar-refractivity contribution in [2.24, 2.45) is 52.3 Å². The van der Waals surface area contributed by atoms with Gasteiger partial charge in [-0.2, -0.15) is 0 Å². The molecule has 10 atom stereocenters. The lowest BCUT2D eigenvalue weighted by Gasteiger charge is -2.58. The molecule has 0 saturated heterocycles. The fraction of sp³-hybridized carbons (Fsp3) is 0.852. The number of aliphatic hydroxyl groups is 1. The fourth-order valence-electron chi connectivity index (χ4n) is 8.62. The molecule has 0 spiro atoms. The predicted molar refractivity (Wildman–Crippen MR) is 117 cm³/mol. The highest BCUT2D eigenvalue weighted by molar-refractivity contribution is 5.25. The number of fused-ring (bicyclic) bond motifs is 5. The first-order chi connectivity index (χ1) is 13.3. The first kappa shape index (κ1) is 19.4. The molecule has 4 saturated carbocycles. The summed E-state index contributed by atoms with van der Waals surface area (Å²) in [7, 11) is 0. The third-order valence-electron chi connectivity index (χ3n) is 10.6. The molecule has 5 aliphatic rings. The SMILES string of the molecule is C[C@H](/C=C/[C@H]1C[C@@H]1C)[C@H]1CC[C@H]2[C@@H]3CC=C4C[C@@H](O)CC[C@]4(C)[C@@H]3CC[C@]12C. The topological polar surface area (TPSA) is 20.2 Å². The summed E-state index contributed by atoms with van der Waals surface area (Å²) < 4.78 is 0. The van der Waals surface area contributed by atoms with Gasteiger partial charge in [0, 0.05) is 0 Å². The van der Waals surface area contributed by atoms with Gasteiger partial charge in [0.2, 0.25) is 0 Å². The first-order valence-electron chi connectivity index (χ1n) is 12.4. The Morgan fingerprint density at radius 1 is 1.11 bits per heavy atom. The van der Waals surface area contributed by atoms with Gasteiger partial charge in [-0.3, -0.25) is 0 Å². The Hall–Kier alpha value is -0.560. The number of rotatable bonds is 3. The van der Waals surface area contributed by atoms with Crippen molar-refractivity contribution in [3.05, 3.63) is 23.8 Å². The van der Waals surface area contributed by atoms with Gasteiger partial charge in [0.1, 0.15) is 0 Å². The van der Waals surface area contributed by atoms with Crippen molar-refractivity contribution in [3.63, 3.8) is 0 Å². The zero-order valence-electron chi connectivity index (χ0n) is 18.7. The van der Waals surface area contributed by atoms with Crippen molar-refractivity contribution < 1.29 is 5.11 Å². The quantitative estimate of drug-likeness (QED) is 0.534. The van der Waals surface area contributed by atoms with Crippen LogP contribution >= 0.6 is 0 Å². The highest BCUT2D eigenvalue weighted by atomic mass is 16.3. The van der Waals surface area contributed by atoms with Crippen LogP contribution in [0.15, 0.2) is 23.8 Å². The van der Waals surface area contributed by atoms with E-state index < -0.39 is 0 Å². The van der Waals surface area contributed by atoms with E-state index in [2.05, 4.69) is 45.9 Å². The second kappa shape index (κ2) is 6.73. The maximum absolute atomic E-state index is 10.2. The van der Waals surface area contributed by atoms with Gasteiger partial charge in [-0.15, -0.1) is 0 Å². The highest BCUT2D eigenvalue weighted by Gasteiger charge is 2.59. The third-order valence-corrected chi connectivity index (χ3v) is 10.6. The molecule has 4 fully saturated rings. The van der Waals surface area contributed by atoms with Gasteiger partial charge < -0.3 is 5.11 Å². The molecule has 0 aromatic heterocycles. The molecule has 0 amide bonds. The maximum atomic E-state index is 10.2. The first-order valence-corrected chi connectivity index (χ1v) is 12.4. The van der Waals surface area contributed by atoms with E-state index in [0.717, 1.165) is 54.3 Å². The minimum Gasteiger partial charge on any atom is -0.393 e. The van der Waals surface area contributed by atoms with E-state index >= 15 is 0 Å². The van der Waals surface area contributed by atoms with Gasteiger partial charge in [-0.25, -0.2) is 0 Å². The molecular formula is C27H42O. The Bertz CT molecular complexity index is 676. The summed E-state index contributed by atoms with van der Waals surface area (Å²) in [6.45, 7) is 10.1. The lowest BCUT2D eigenvalue weighted by molar-refractivity contribution is -0.0540. The van der Waals surface area contributed by atoms with Crippen LogP contribution in [0.4, 0.5) is 0 Å². The van der Waals surface area contributed by atoms with Crippen LogP contribution in [0, 0.1) is 52.3 Å². The lowest BCUT2D eigenvalue weighted by Crippen LogP contribution is -2.50. The summed E-state index contributed by atoms with van der Waals surface area (Å²) in [6.07, 6.45) is 19.3. The Balaban J connectivity index is 1.36. The second-order valence-electron chi connectivity index (χ2n) is 12.0. The van der Waals surface area contributed by atoms with Crippen LogP contribution in [0.25, 0.3) is 0 Å². The van der Waals surface area contributed by atoms with Crippen LogP contribution < -0.4 is 0 Å². The molecule has 156 valence electrons. The van der Waals surface area contributed by atoms with Crippen molar-refractivity contribution in [1.29, 1.82) is 0 Å². The van der Waals surface area contributed by atoms with Crippen molar-refractivity contribution in [2.75, 3.05) is 0 Å². The maximum Gasteiger partial charge on any atom is 0.0577 e. The molecule has 0 heterocycles. The monoisotopic (exact) mass is 382 g/mol. The van der Waals surface area contributed by atoms with Crippen molar-refractivity contribution in [1.82, 2.24) is 0 Å². The average molecular weight is 383 g/mol. The van der Waals surface area contributed by atoms with Crippen LogP contribution in [0.5, 0.6) is 0 Å². The second-order valence-corrected chi connectivity index (χ2v) is 12.0. The zero-order valence-corrected chi connectivity index (χ0v) is 18.7. The Kier molecular flexibility index (Phi) is 4.66. The molecule has 5 aliphatic carbocycles. The highest BCUT2D eigenvalue weighted by Crippen LogP contribution is 2.67. The summed E-state index contributed by atoms with van der Waals surface area (Å²) in [6, 6.07) is 0. The third kappa shape index (κ3) is 2.90. The molecule has 0 radical (unpaired) electrons. The van der Waals surface area contributed by atoms with Gasteiger partial charge in [0.15, 0.2) is 0 Å². The van der Waals surface area contributed by atoms with Gasteiger partial charge in [-0.1, -0.05) is 51.5 Å². The van der Waals surface area contributed by atoms with E-state index in [1.165, 1.54) is 44.9 Å². The van der Waals surface area contributed by atoms with E-state index in [4.69, 9.17) is 0 Å². The molecule has 0 aromatic carbocycles. The Morgan fingerprint density at radius 2 is 1.89 bits per heavy atom. The van der Waals surface area contributed by atoms with Crippen LogP contribution in [-0.2, 0) is 0 Å². The molecule has 28 heavy (non-hydrogen) atoms. The van der Waals surface area contributed by atoms with Gasteiger partial charge in [0.25, 0.3) is 0 Å². The molecule has 0 aliphatic heterocycles. The molecule has 5 rings (SSSR count). The molecule has 1 heteroatoms. The lowest BCUT2D eigenvalue weighted by atomic mass is 9.47. The van der Waals surface area contributed by atoms with Gasteiger partial charge >= 0.3 is 0 Å². The average Bonchev–Trinajstić information content (AvgIpc) is 3.25. The number of hydrogen-bond acceptors (Lipinski definition) is 1. The van der Waals surface area contributed by atoms with E-state index in [1.807, 2.05) is 0 Å². The van der Waals surface area contributed by atoms with Crippen LogP contribution in [0.2, 0.25) is 0 Å². The van der Waals surface area contributed by atoms with Crippen LogP contribution in [0.3, 0.4) is 0 Å². The summed E-state index contributed by atoms with van der Waals surface area (Å²) in [4.78, 5) is 0. The molecular weight excluding hydrogens is 340 g/mol. The minimum atomic E-state index is -0.0811. The Labute approximate surface area is 173 Å². The molecule has 1 N–H and O–H groups in total. The van der Waals surface area contributed by atoms with E-state index in [1.54, 1.807) is 5.57 Å². The van der Waals surface area contributed by atoms with Gasteiger partial charge in [0.05, 0.1) is 6.10 Å². The minimum absolute atomic E-state index is 0.0811. The summed E-state index contributed by atoms with van der Waals surface area (Å²) in [5, 5.41) is 10.2. The number of hydrogen-bond donors (Lipinski definition) is 1. The largest absolute Gasteiger partial charge is 0.393 e. The van der Waals surface area contributed by atoms with Crippen LogP contribution in [0.1, 0.15) is 85.5 Å². The van der Waals surface area contributed by atoms with Crippen molar-refractivity contribution in [3.8, 4) is 0 Å².